The van der Waals surface area contributed by atoms with Gasteiger partial charge in [0.25, 0.3) is 0 Å². The van der Waals surface area contributed by atoms with E-state index in [1.165, 1.54) is 5.56 Å². The molecule has 2 rings (SSSR count). The molecule has 0 heterocycles. The Hall–Kier alpha value is -1.03. The highest BCUT2D eigenvalue weighted by Crippen LogP contribution is 2.42. The molecule has 21 heavy (non-hydrogen) atoms. The maximum atomic E-state index is 12.7. The predicted octanol–water partition coefficient (Wildman–Crippen LogP) is 4.84. The molecule has 0 saturated heterocycles. The first-order valence-electron chi connectivity index (χ1n) is 7.57. The van der Waals surface area contributed by atoms with Crippen molar-refractivity contribution in [2.75, 3.05) is 0 Å². The Kier molecular flexibility index (Phi) is 4.66. The van der Waals surface area contributed by atoms with Crippen LogP contribution in [0.1, 0.15) is 56.6 Å². The van der Waals surface area contributed by atoms with Crippen molar-refractivity contribution in [2.24, 2.45) is 5.92 Å². The van der Waals surface area contributed by atoms with Crippen molar-refractivity contribution >= 4 is 0 Å². The number of hydrogen-bond donors (Lipinski definition) is 1. The predicted molar refractivity (Wildman–Crippen MR) is 77.2 cm³/mol. The molecule has 1 nitrogen and oxygen atoms in total. The molecular formula is C17H23F3O. The Morgan fingerprint density at radius 3 is 2.10 bits per heavy atom. The van der Waals surface area contributed by atoms with Crippen LogP contribution in [0.4, 0.5) is 13.2 Å². The van der Waals surface area contributed by atoms with Gasteiger partial charge in [0.1, 0.15) is 0 Å². The molecular weight excluding hydrogens is 277 g/mol. The lowest BCUT2D eigenvalue weighted by Gasteiger charge is -2.36. The van der Waals surface area contributed by atoms with Crippen molar-refractivity contribution in [3.63, 3.8) is 0 Å². The van der Waals surface area contributed by atoms with Gasteiger partial charge in [0, 0.05) is 6.42 Å². The van der Waals surface area contributed by atoms with E-state index in [0.29, 0.717) is 12.3 Å². The van der Waals surface area contributed by atoms with Crippen LogP contribution in [-0.2, 0) is 6.42 Å². The van der Waals surface area contributed by atoms with Gasteiger partial charge in [-0.05, 0) is 42.7 Å². The molecule has 0 radical (unpaired) electrons. The maximum Gasteiger partial charge on any atom is 0.391 e. The van der Waals surface area contributed by atoms with Crippen molar-refractivity contribution in [1.82, 2.24) is 0 Å². The molecule has 1 N–H and O–H groups in total. The summed E-state index contributed by atoms with van der Waals surface area (Å²) in [6, 6.07) is 8.02. The van der Waals surface area contributed by atoms with Crippen LogP contribution in [0, 0.1) is 5.92 Å². The number of aliphatic hydroxyl groups is 1. The van der Waals surface area contributed by atoms with Crippen molar-refractivity contribution in [3.8, 4) is 0 Å². The van der Waals surface area contributed by atoms with Gasteiger partial charge >= 0.3 is 6.18 Å². The first-order valence-corrected chi connectivity index (χ1v) is 7.57. The lowest BCUT2D eigenvalue weighted by molar-refractivity contribution is -0.192. The van der Waals surface area contributed by atoms with E-state index in [0.717, 1.165) is 5.56 Å². The number of hydrogen-bond acceptors (Lipinski definition) is 1. The van der Waals surface area contributed by atoms with Crippen LogP contribution in [0.3, 0.4) is 0 Å². The van der Waals surface area contributed by atoms with Crippen molar-refractivity contribution in [3.05, 3.63) is 35.4 Å². The second kappa shape index (κ2) is 5.99. The quantitative estimate of drug-likeness (QED) is 0.847. The van der Waals surface area contributed by atoms with Gasteiger partial charge in [0.05, 0.1) is 11.5 Å². The van der Waals surface area contributed by atoms with E-state index in [2.05, 4.69) is 13.8 Å². The van der Waals surface area contributed by atoms with Gasteiger partial charge in [-0.1, -0.05) is 38.1 Å². The molecule has 118 valence electrons. The minimum absolute atomic E-state index is 0.0318. The highest BCUT2D eigenvalue weighted by Gasteiger charge is 2.45. The Balaban J connectivity index is 1.97. The molecule has 0 spiro atoms. The van der Waals surface area contributed by atoms with Crippen LogP contribution < -0.4 is 0 Å². The van der Waals surface area contributed by atoms with E-state index in [1.807, 2.05) is 24.3 Å². The van der Waals surface area contributed by atoms with Crippen molar-refractivity contribution < 1.29 is 18.3 Å². The number of rotatable bonds is 3. The van der Waals surface area contributed by atoms with Crippen LogP contribution in [-0.4, -0.2) is 16.9 Å². The summed E-state index contributed by atoms with van der Waals surface area (Å²) < 4.78 is 38.0. The number of benzene rings is 1. The fourth-order valence-corrected chi connectivity index (χ4v) is 3.06. The van der Waals surface area contributed by atoms with E-state index in [4.69, 9.17) is 0 Å². The molecule has 1 aromatic carbocycles. The first kappa shape index (κ1) is 16.3. The van der Waals surface area contributed by atoms with Crippen molar-refractivity contribution in [1.29, 1.82) is 0 Å². The highest BCUT2D eigenvalue weighted by atomic mass is 19.4. The summed E-state index contributed by atoms with van der Waals surface area (Å²) in [5.74, 6) is -0.801. The van der Waals surface area contributed by atoms with E-state index in [-0.39, 0.29) is 25.7 Å². The Morgan fingerprint density at radius 2 is 1.67 bits per heavy atom. The van der Waals surface area contributed by atoms with Crippen LogP contribution >= 0.6 is 0 Å². The molecule has 4 heteroatoms. The molecule has 0 unspecified atom stereocenters. The third-order valence-corrected chi connectivity index (χ3v) is 4.56. The van der Waals surface area contributed by atoms with Gasteiger partial charge < -0.3 is 5.11 Å². The SMILES string of the molecule is CC(C)c1ccc(CC2(O)CCC(C(F)(F)F)CC2)cc1. The Labute approximate surface area is 124 Å². The van der Waals surface area contributed by atoms with Crippen LogP contribution in [0.5, 0.6) is 0 Å². The Bertz CT molecular complexity index is 454. The van der Waals surface area contributed by atoms with Gasteiger partial charge in [-0.3, -0.25) is 0 Å². The van der Waals surface area contributed by atoms with Gasteiger partial charge in [-0.2, -0.15) is 13.2 Å². The molecule has 0 aliphatic heterocycles. The zero-order valence-electron chi connectivity index (χ0n) is 12.6. The normalized spacial score (nSPS) is 27.1. The largest absolute Gasteiger partial charge is 0.391 e. The molecule has 1 aliphatic carbocycles. The summed E-state index contributed by atoms with van der Waals surface area (Å²) >= 11 is 0. The molecule has 0 amide bonds. The average molecular weight is 300 g/mol. The zero-order chi connectivity index (χ0) is 15.7. The van der Waals surface area contributed by atoms with Gasteiger partial charge in [-0.15, -0.1) is 0 Å². The third kappa shape index (κ3) is 4.22. The Morgan fingerprint density at radius 1 is 1.14 bits per heavy atom. The van der Waals surface area contributed by atoms with Gasteiger partial charge in [-0.25, -0.2) is 0 Å². The molecule has 1 saturated carbocycles. The maximum absolute atomic E-state index is 12.7. The topological polar surface area (TPSA) is 20.2 Å². The fraction of sp³-hybridized carbons (Fsp3) is 0.647. The molecule has 1 aromatic rings. The second-order valence-corrected chi connectivity index (χ2v) is 6.61. The van der Waals surface area contributed by atoms with Gasteiger partial charge in [0.15, 0.2) is 0 Å². The molecule has 0 aromatic heterocycles. The van der Waals surface area contributed by atoms with Crippen molar-refractivity contribution in [2.45, 2.75) is 63.6 Å². The lowest BCUT2D eigenvalue weighted by Crippen LogP contribution is -2.39. The minimum Gasteiger partial charge on any atom is -0.390 e. The summed E-state index contributed by atoms with van der Waals surface area (Å²) in [6.45, 7) is 4.22. The smallest absolute Gasteiger partial charge is 0.390 e. The van der Waals surface area contributed by atoms with Crippen LogP contribution in [0.25, 0.3) is 0 Å². The summed E-state index contributed by atoms with van der Waals surface area (Å²) in [5.41, 5.74) is 1.24. The third-order valence-electron chi connectivity index (χ3n) is 4.56. The summed E-state index contributed by atoms with van der Waals surface area (Å²) in [7, 11) is 0. The summed E-state index contributed by atoms with van der Waals surface area (Å²) in [4.78, 5) is 0. The first-order chi connectivity index (χ1) is 9.70. The molecule has 1 aliphatic rings. The number of halogens is 3. The standard InChI is InChI=1S/C17H23F3O/c1-12(2)14-5-3-13(4-6-14)11-16(21)9-7-15(8-10-16)17(18,19)20/h3-6,12,15,21H,7-11H2,1-2H3. The monoisotopic (exact) mass is 300 g/mol. The average Bonchev–Trinajstić information content (AvgIpc) is 2.38. The van der Waals surface area contributed by atoms with Crippen LogP contribution in [0.15, 0.2) is 24.3 Å². The molecule has 1 fully saturated rings. The van der Waals surface area contributed by atoms with Crippen LogP contribution in [0.2, 0.25) is 0 Å². The van der Waals surface area contributed by atoms with E-state index in [1.54, 1.807) is 0 Å². The minimum atomic E-state index is -4.12. The number of alkyl halides is 3. The second-order valence-electron chi connectivity index (χ2n) is 6.61. The fourth-order valence-electron chi connectivity index (χ4n) is 3.06. The summed E-state index contributed by atoms with van der Waals surface area (Å²) in [6.07, 6.45) is -3.17. The summed E-state index contributed by atoms with van der Waals surface area (Å²) in [5, 5.41) is 10.5. The van der Waals surface area contributed by atoms with E-state index in [9.17, 15) is 18.3 Å². The highest BCUT2D eigenvalue weighted by molar-refractivity contribution is 5.25. The lowest BCUT2D eigenvalue weighted by atomic mass is 9.75. The molecule has 0 atom stereocenters. The van der Waals surface area contributed by atoms with E-state index < -0.39 is 17.7 Å². The van der Waals surface area contributed by atoms with E-state index >= 15 is 0 Å². The molecule has 0 bridgehead atoms. The van der Waals surface area contributed by atoms with Gasteiger partial charge in [0.2, 0.25) is 0 Å². The zero-order valence-corrected chi connectivity index (χ0v) is 12.6.